The fourth-order valence-electron chi connectivity index (χ4n) is 6.85. The number of hydrogen-bond donors (Lipinski definition) is 4. The Balaban J connectivity index is 0.984. The molecule has 0 radical (unpaired) electrons. The fourth-order valence-corrected chi connectivity index (χ4v) is 6.99. The number of amides is 4. The molecule has 0 bridgehead atoms. The Kier molecular flexibility index (Phi) is 9.38. The highest BCUT2D eigenvalue weighted by Gasteiger charge is 2.34. The second-order valence-electron chi connectivity index (χ2n) is 13.0. The van der Waals surface area contributed by atoms with Gasteiger partial charge in [0.15, 0.2) is 11.9 Å². The largest absolute Gasteiger partial charge is 0.478 e. The number of anilines is 5. The predicted octanol–water partition coefficient (Wildman–Crippen LogP) is 3.61. The van der Waals surface area contributed by atoms with E-state index in [1.54, 1.807) is 42.0 Å². The number of halogens is 1. The third kappa shape index (κ3) is 6.98. The maximum atomic E-state index is 12.8. The lowest BCUT2D eigenvalue weighted by molar-refractivity contribution is -0.134. The van der Waals surface area contributed by atoms with E-state index in [-0.39, 0.29) is 42.5 Å². The molecule has 3 aliphatic heterocycles. The maximum Gasteiger partial charge on any atom is 0.267 e. The van der Waals surface area contributed by atoms with Crippen molar-refractivity contribution in [2.75, 3.05) is 47.6 Å². The first kappa shape index (κ1) is 34.0. The molecule has 2 fully saturated rings. The molecule has 0 saturated carbocycles. The number of nitrogens with zero attached hydrogens (tertiary/aromatic N) is 6. The highest BCUT2D eigenvalue weighted by molar-refractivity contribution is 6.33. The fraction of sp³-hybridized carbons (Fsp3) is 0.400. The van der Waals surface area contributed by atoms with Crippen molar-refractivity contribution in [1.29, 1.82) is 0 Å². The molecule has 4 N–H and O–H groups in total. The SMILES string of the molecule is CNC(=O)CCC1Oc2cc(Nc3nc(N4CCC(Nc5ccc6c(C7CCC(=O)NC7=O)nn(C)c6c5)CC4)ncc3Cl)ccc2N(C)C1=O. The summed E-state index contributed by atoms with van der Waals surface area (Å²) in [4.78, 5) is 61.7. The van der Waals surface area contributed by atoms with Crippen LogP contribution in [-0.4, -0.2) is 82.7 Å². The van der Waals surface area contributed by atoms with Crippen LogP contribution >= 0.6 is 11.6 Å². The molecule has 4 amide bonds. The summed E-state index contributed by atoms with van der Waals surface area (Å²) >= 11 is 6.53. The van der Waals surface area contributed by atoms with Crippen LogP contribution in [0.2, 0.25) is 5.02 Å². The van der Waals surface area contributed by atoms with Crippen LogP contribution in [0.3, 0.4) is 0 Å². The van der Waals surface area contributed by atoms with Crippen molar-refractivity contribution in [1.82, 2.24) is 30.4 Å². The van der Waals surface area contributed by atoms with E-state index in [1.165, 1.54) is 0 Å². The Morgan fingerprint density at radius 3 is 2.61 bits per heavy atom. The summed E-state index contributed by atoms with van der Waals surface area (Å²) in [5.74, 6) is 0.182. The van der Waals surface area contributed by atoms with Crippen LogP contribution in [-0.2, 0) is 26.2 Å². The van der Waals surface area contributed by atoms with Gasteiger partial charge in [0.2, 0.25) is 23.7 Å². The number of carbonyl (C=O) groups is 4. The van der Waals surface area contributed by atoms with Gasteiger partial charge in [0.05, 0.1) is 29.0 Å². The van der Waals surface area contributed by atoms with Gasteiger partial charge in [0.1, 0.15) is 10.8 Å². The summed E-state index contributed by atoms with van der Waals surface area (Å²) < 4.78 is 7.82. The number of nitrogens with one attached hydrogen (secondary N) is 4. The van der Waals surface area contributed by atoms with Gasteiger partial charge in [-0.1, -0.05) is 11.6 Å². The van der Waals surface area contributed by atoms with Gasteiger partial charge in [-0.25, -0.2) is 4.98 Å². The molecule has 51 heavy (non-hydrogen) atoms. The first-order valence-electron chi connectivity index (χ1n) is 17.0. The Morgan fingerprint density at radius 1 is 1.06 bits per heavy atom. The first-order chi connectivity index (χ1) is 24.6. The molecule has 7 rings (SSSR count). The number of ether oxygens (including phenoxy) is 1. The quantitative estimate of drug-likeness (QED) is 0.186. The van der Waals surface area contributed by atoms with Crippen LogP contribution in [0.1, 0.15) is 50.1 Å². The van der Waals surface area contributed by atoms with Crippen LogP contribution in [0.25, 0.3) is 10.9 Å². The number of piperidine rings is 2. The van der Waals surface area contributed by atoms with Crippen LogP contribution in [0.4, 0.5) is 28.8 Å². The number of fused-ring (bicyclic) bond motifs is 2. The Hall–Kier alpha value is -5.44. The van der Waals surface area contributed by atoms with Crippen LogP contribution < -0.4 is 35.8 Å². The van der Waals surface area contributed by atoms with Gasteiger partial charge in [0, 0.05) is 82.4 Å². The molecule has 0 aliphatic carbocycles. The van der Waals surface area contributed by atoms with E-state index in [0.29, 0.717) is 52.4 Å². The molecular formula is C35H39ClN10O5. The molecule has 2 saturated heterocycles. The average Bonchev–Trinajstić information content (AvgIpc) is 3.45. The summed E-state index contributed by atoms with van der Waals surface area (Å²) in [5.41, 5.74) is 3.88. The van der Waals surface area contributed by atoms with E-state index in [0.717, 1.165) is 42.5 Å². The Labute approximate surface area is 299 Å². The summed E-state index contributed by atoms with van der Waals surface area (Å²) in [6, 6.07) is 11.7. The van der Waals surface area contributed by atoms with Gasteiger partial charge in [-0.3, -0.25) is 29.2 Å². The Bertz CT molecular complexity index is 2030. The van der Waals surface area contributed by atoms with E-state index in [2.05, 4.69) is 42.3 Å². The molecule has 2 aromatic carbocycles. The second-order valence-corrected chi connectivity index (χ2v) is 13.4. The lowest BCUT2D eigenvalue weighted by Crippen LogP contribution is -2.44. The molecule has 2 unspecified atom stereocenters. The van der Waals surface area contributed by atoms with Gasteiger partial charge in [-0.05, 0) is 49.6 Å². The number of aryl methyl sites for hydroxylation is 1. The monoisotopic (exact) mass is 714 g/mol. The molecule has 0 spiro atoms. The highest BCUT2D eigenvalue weighted by Crippen LogP contribution is 2.38. The number of likely N-dealkylation sites (N-methyl/N-ethyl adjacent to an activating group) is 1. The van der Waals surface area contributed by atoms with Crippen molar-refractivity contribution in [2.24, 2.45) is 7.05 Å². The zero-order valence-corrected chi connectivity index (χ0v) is 29.3. The molecule has 3 aliphatic rings. The molecular weight excluding hydrogens is 676 g/mol. The third-order valence-electron chi connectivity index (χ3n) is 9.70. The number of hydrogen-bond acceptors (Lipinski definition) is 11. The third-order valence-corrected chi connectivity index (χ3v) is 9.98. The van der Waals surface area contributed by atoms with Gasteiger partial charge in [-0.2, -0.15) is 10.1 Å². The van der Waals surface area contributed by atoms with Crippen molar-refractivity contribution in [3.8, 4) is 5.75 Å². The van der Waals surface area contributed by atoms with Gasteiger partial charge in [0.25, 0.3) is 5.91 Å². The minimum Gasteiger partial charge on any atom is -0.478 e. The topological polar surface area (TPSA) is 176 Å². The molecule has 2 atom stereocenters. The molecule has 16 heteroatoms. The number of benzene rings is 2. The standard InChI is InChI=1S/C35H39ClN10O5/c1-37-29(47)11-9-27-34(50)44(2)25-8-5-21(17-28(25)51-27)40-32-24(36)18-38-35(42-32)46-14-12-19(13-15-46)39-20-4-6-22-26(16-20)45(3)43-31(22)23-7-10-30(48)41-33(23)49/h4-6,8,16-19,23,27,39H,7,9-15H2,1-3H3,(H,37,47)(H,38,40,42)(H,41,48,49). The van der Waals surface area contributed by atoms with Crippen molar-refractivity contribution >= 4 is 75.0 Å². The minimum atomic E-state index is -0.766. The molecule has 5 heterocycles. The zero-order chi connectivity index (χ0) is 35.8. The van der Waals surface area contributed by atoms with E-state index in [9.17, 15) is 19.2 Å². The number of imide groups is 1. The van der Waals surface area contributed by atoms with Crippen LogP contribution in [0, 0.1) is 0 Å². The summed E-state index contributed by atoms with van der Waals surface area (Å²) in [6.07, 6.45) is 3.73. The number of aromatic nitrogens is 4. The normalized spacial score (nSPS) is 19.4. The first-order valence-corrected chi connectivity index (χ1v) is 17.4. The number of rotatable bonds is 9. The lowest BCUT2D eigenvalue weighted by Gasteiger charge is -2.33. The average molecular weight is 715 g/mol. The summed E-state index contributed by atoms with van der Waals surface area (Å²) in [5, 5.41) is 17.9. The van der Waals surface area contributed by atoms with Crippen molar-refractivity contribution in [3.63, 3.8) is 0 Å². The molecule has 4 aromatic rings. The van der Waals surface area contributed by atoms with E-state index < -0.39 is 12.0 Å². The van der Waals surface area contributed by atoms with Crippen LogP contribution in [0.15, 0.2) is 42.6 Å². The molecule has 266 valence electrons. The van der Waals surface area contributed by atoms with Crippen LogP contribution in [0.5, 0.6) is 5.75 Å². The van der Waals surface area contributed by atoms with E-state index in [1.807, 2.05) is 25.2 Å². The Morgan fingerprint density at radius 2 is 1.84 bits per heavy atom. The summed E-state index contributed by atoms with van der Waals surface area (Å²) in [6.45, 7) is 1.47. The van der Waals surface area contributed by atoms with Crippen molar-refractivity contribution in [2.45, 2.75) is 56.6 Å². The number of carbonyl (C=O) groups excluding carboxylic acids is 4. The highest BCUT2D eigenvalue weighted by atomic mass is 35.5. The predicted molar refractivity (Wildman–Crippen MR) is 193 cm³/mol. The van der Waals surface area contributed by atoms with Crippen molar-refractivity contribution in [3.05, 3.63) is 53.3 Å². The molecule has 2 aromatic heterocycles. The maximum absolute atomic E-state index is 12.8. The zero-order valence-electron chi connectivity index (χ0n) is 28.5. The van der Waals surface area contributed by atoms with E-state index >= 15 is 0 Å². The minimum absolute atomic E-state index is 0.156. The van der Waals surface area contributed by atoms with Gasteiger partial charge < -0.3 is 30.5 Å². The van der Waals surface area contributed by atoms with E-state index in [4.69, 9.17) is 21.3 Å². The second kappa shape index (κ2) is 14.1. The molecule has 15 nitrogen and oxygen atoms in total. The van der Waals surface area contributed by atoms with Gasteiger partial charge >= 0.3 is 0 Å². The smallest absolute Gasteiger partial charge is 0.267 e. The summed E-state index contributed by atoms with van der Waals surface area (Å²) in [7, 11) is 5.11. The van der Waals surface area contributed by atoms with Gasteiger partial charge in [-0.15, -0.1) is 0 Å². The lowest BCUT2D eigenvalue weighted by atomic mass is 9.93. The van der Waals surface area contributed by atoms with Crippen molar-refractivity contribution < 1.29 is 23.9 Å².